The van der Waals surface area contributed by atoms with Crippen molar-refractivity contribution < 1.29 is 4.74 Å². The minimum absolute atomic E-state index is 0.909. The Morgan fingerprint density at radius 1 is 1.04 bits per heavy atom. The van der Waals surface area contributed by atoms with Crippen LogP contribution in [0, 0.1) is 0 Å². The van der Waals surface area contributed by atoms with Crippen molar-refractivity contribution in [2.45, 2.75) is 0 Å². The Morgan fingerprint density at radius 3 is 2.62 bits per heavy atom. The molecule has 2 heterocycles. The molecule has 4 rings (SSSR count). The van der Waals surface area contributed by atoms with Gasteiger partial charge in [-0.15, -0.1) is 0 Å². The molecule has 3 aromatic rings. The molecule has 6 heteroatoms. The van der Waals surface area contributed by atoms with Crippen LogP contribution in [-0.2, 0) is 0 Å². The number of rotatable bonds is 3. The molecule has 1 saturated heterocycles. The second kappa shape index (κ2) is 6.61. The van der Waals surface area contributed by atoms with Gasteiger partial charge in [0, 0.05) is 42.4 Å². The van der Waals surface area contributed by atoms with Crippen LogP contribution < -0.4 is 14.5 Å². The molecule has 0 amide bonds. The summed E-state index contributed by atoms with van der Waals surface area (Å²) >= 11 is 5.30. The normalized spacial score (nSPS) is 15.1. The quantitative estimate of drug-likeness (QED) is 0.647. The van der Waals surface area contributed by atoms with Crippen LogP contribution in [0.25, 0.3) is 10.2 Å². The Balaban J connectivity index is 1.48. The predicted molar refractivity (Wildman–Crippen MR) is 105 cm³/mol. The highest BCUT2D eigenvalue weighted by atomic mass is 79.9. The van der Waals surface area contributed by atoms with Gasteiger partial charge in [-0.1, -0.05) is 33.3 Å². The van der Waals surface area contributed by atoms with E-state index in [2.05, 4.69) is 50.0 Å². The number of hydrogen-bond acceptors (Lipinski definition) is 5. The molecule has 0 spiro atoms. The maximum atomic E-state index is 5.33. The van der Waals surface area contributed by atoms with E-state index >= 15 is 0 Å². The van der Waals surface area contributed by atoms with E-state index in [1.807, 2.05) is 18.2 Å². The molecule has 0 atom stereocenters. The zero-order valence-electron chi connectivity index (χ0n) is 13.4. The smallest absolute Gasteiger partial charge is 0.186 e. The zero-order chi connectivity index (χ0) is 16.5. The monoisotopic (exact) mass is 403 g/mol. The molecule has 4 nitrogen and oxygen atoms in total. The number of halogens is 1. The molecule has 24 heavy (non-hydrogen) atoms. The first kappa shape index (κ1) is 15.7. The molecule has 2 aromatic carbocycles. The van der Waals surface area contributed by atoms with Crippen molar-refractivity contribution in [1.82, 2.24) is 4.98 Å². The zero-order valence-corrected chi connectivity index (χ0v) is 15.8. The lowest BCUT2D eigenvalue weighted by atomic mass is 10.2. The average molecular weight is 404 g/mol. The summed E-state index contributed by atoms with van der Waals surface area (Å²) in [6, 6.07) is 14.5. The summed E-state index contributed by atoms with van der Waals surface area (Å²) in [6.07, 6.45) is 0. The molecule has 0 N–H and O–H groups in total. The largest absolute Gasteiger partial charge is 0.497 e. The van der Waals surface area contributed by atoms with E-state index in [0.717, 1.165) is 47.0 Å². The van der Waals surface area contributed by atoms with Crippen molar-refractivity contribution in [1.29, 1.82) is 0 Å². The van der Waals surface area contributed by atoms with Crippen molar-refractivity contribution >= 4 is 48.3 Å². The van der Waals surface area contributed by atoms with E-state index in [4.69, 9.17) is 9.72 Å². The maximum absolute atomic E-state index is 5.33. The molecule has 0 aliphatic carbocycles. The standard InChI is InChI=1S/C18H18BrN3OS/c1-23-15-4-2-3-14(12-15)21-7-9-22(10-8-21)18-20-16-6-5-13(19)11-17(16)24-18/h2-6,11-12H,7-10H2,1H3. The summed E-state index contributed by atoms with van der Waals surface area (Å²) in [7, 11) is 1.71. The molecular weight excluding hydrogens is 386 g/mol. The molecule has 0 unspecified atom stereocenters. The Bertz CT molecular complexity index is 858. The number of piperazine rings is 1. The van der Waals surface area contributed by atoms with E-state index in [0.29, 0.717) is 0 Å². The van der Waals surface area contributed by atoms with E-state index in [9.17, 15) is 0 Å². The van der Waals surface area contributed by atoms with Gasteiger partial charge in [0.2, 0.25) is 0 Å². The summed E-state index contributed by atoms with van der Waals surface area (Å²) in [5.41, 5.74) is 2.30. The van der Waals surface area contributed by atoms with E-state index in [1.165, 1.54) is 10.4 Å². The fourth-order valence-electron chi connectivity index (χ4n) is 2.98. The fraction of sp³-hybridized carbons (Fsp3) is 0.278. The van der Waals surface area contributed by atoms with Crippen molar-refractivity contribution in [3.8, 4) is 5.75 Å². The van der Waals surface area contributed by atoms with Gasteiger partial charge in [-0.2, -0.15) is 0 Å². The van der Waals surface area contributed by atoms with Gasteiger partial charge in [-0.3, -0.25) is 0 Å². The number of aromatic nitrogens is 1. The summed E-state index contributed by atoms with van der Waals surface area (Å²) in [5, 5.41) is 1.12. The second-order valence-corrected chi connectivity index (χ2v) is 7.71. The number of methoxy groups -OCH3 is 1. The molecule has 0 saturated carbocycles. The molecule has 124 valence electrons. The number of ether oxygens (including phenoxy) is 1. The predicted octanol–water partition coefficient (Wildman–Crippen LogP) is 4.39. The molecule has 0 bridgehead atoms. The Labute approximate surface area is 153 Å². The van der Waals surface area contributed by atoms with Gasteiger partial charge in [0.05, 0.1) is 17.3 Å². The van der Waals surface area contributed by atoms with Crippen molar-refractivity contribution in [2.75, 3.05) is 43.1 Å². The summed E-state index contributed by atoms with van der Waals surface area (Å²) in [4.78, 5) is 9.58. The Hall–Kier alpha value is -1.79. The number of thiazole rings is 1. The van der Waals surface area contributed by atoms with Crippen LogP contribution >= 0.6 is 27.3 Å². The van der Waals surface area contributed by atoms with Gasteiger partial charge < -0.3 is 14.5 Å². The SMILES string of the molecule is COc1cccc(N2CCN(c3nc4ccc(Br)cc4s3)CC2)c1. The van der Waals surface area contributed by atoms with Gasteiger partial charge in [-0.05, 0) is 30.3 Å². The summed E-state index contributed by atoms with van der Waals surface area (Å²) < 4.78 is 7.67. The third-order valence-electron chi connectivity index (χ3n) is 4.31. The lowest BCUT2D eigenvalue weighted by Crippen LogP contribution is -2.46. The number of fused-ring (bicyclic) bond motifs is 1. The van der Waals surface area contributed by atoms with Crippen LogP contribution in [0.5, 0.6) is 5.75 Å². The van der Waals surface area contributed by atoms with Crippen molar-refractivity contribution in [3.63, 3.8) is 0 Å². The van der Waals surface area contributed by atoms with Crippen molar-refractivity contribution in [2.24, 2.45) is 0 Å². The summed E-state index contributed by atoms with van der Waals surface area (Å²) in [5.74, 6) is 0.909. The van der Waals surface area contributed by atoms with Gasteiger partial charge in [-0.25, -0.2) is 4.98 Å². The third kappa shape index (κ3) is 3.08. The highest BCUT2D eigenvalue weighted by Crippen LogP contribution is 2.32. The number of hydrogen-bond donors (Lipinski definition) is 0. The van der Waals surface area contributed by atoms with Gasteiger partial charge in [0.1, 0.15) is 5.75 Å². The summed E-state index contributed by atoms with van der Waals surface area (Å²) in [6.45, 7) is 3.95. The van der Waals surface area contributed by atoms with Gasteiger partial charge >= 0.3 is 0 Å². The van der Waals surface area contributed by atoms with E-state index < -0.39 is 0 Å². The van der Waals surface area contributed by atoms with Gasteiger partial charge in [0.15, 0.2) is 5.13 Å². The average Bonchev–Trinajstić information content (AvgIpc) is 3.05. The minimum Gasteiger partial charge on any atom is -0.497 e. The minimum atomic E-state index is 0.909. The maximum Gasteiger partial charge on any atom is 0.186 e. The van der Waals surface area contributed by atoms with Crippen LogP contribution in [0.3, 0.4) is 0 Å². The second-order valence-electron chi connectivity index (χ2n) is 5.78. The van der Waals surface area contributed by atoms with E-state index in [1.54, 1.807) is 18.4 Å². The van der Waals surface area contributed by atoms with E-state index in [-0.39, 0.29) is 0 Å². The first-order valence-electron chi connectivity index (χ1n) is 7.93. The highest BCUT2D eigenvalue weighted by molar-refractivity contribution is 9.10. The lowest BCUT2D eigenvalue weighted by Gasteiger charge is -2.36. The third-order valence-corrected chi connectivity index (χ3v) is 5.88. The molecule has 1 aliphatic rings. The van der Waals surface area contributed by atoms with Crippen LogP contribution in [0.15, 0.2) is 46.9 Å². The highest BCUT2D eigenvalue weighted by Gasteiger charge is 2.20. The molecule has 1 aromatic heterocycles. The number of benzene rings is 2. The fourth-order valence-corrected chi connectivity index (χ4v) is 4.55. The van der Waals surface area contributed by atoms with Crippen LogP contribution in [-0.4, -0.2) is 38.3 Å². The molecule has 1 aliphatic heterocycles. The first-order chi connectivity index (χ1) is 11.7. The molecule has 0 radical (unpaired) electrons. The molecule has 1 fully saturated rings. The van der Waals surface area contributed by atoms with Crippen LogP contribution in [0.2, 0.25) is 0 Å². The van der Waals surface area contributed by atoms with Crippen molar-refractivity contribution in [3.05, 3.63) is 46.9 Å². The lowest BCUT2D eigenvalue weighted by molar-refractivity contribution is 0.414. The van der Waals surface area contributed by atoms with Crippen LogP contribution in [0.1, 0.15) is 0 Å². The Kier molecular flexibility index (Phi) is 4.33. The van der Waals surface area contributed by atoms with Crippen LogP contribution in [0.4, 0.5) is 10.8 Å². The molecular formula is C18H18BrN3OS. The first-order valence-corrected chi connectivity index (χ1v) is 9.54. The number of anilines is 2. The number of nitrogens with zero attached hydrogens (tertiary/aromatic N) is 3. The topological polar surface area (TPSA) is 28.6 Å². The van der Waals surface area contributed by atoms with Gasteiger partial charge in [0.25, 0.3) is 0 Å². The Morgan fingerprint density at radius 2 is 1.83 bits per heavy atom.